The molecular formula is C20H16N4OS2. The Hall–Kier alpha value is -3.03. The SMILES string of the molecule is C=CCNC(=O)Nc1ccc2nc(-c3cccs3)c(-c3cccs3)nc2c1. The molecule has 3 heterocycles. The molecule has 0 unspecified atom stereocenters. The first-order valence-corrected chi connectivity index (χ1v) is 10.1. The fourth-order valence-electron chi connectivity index (χ4n) is 2.64. The Morgan fingerprint density at radius 2 is 1.67 bits per heavy atom. The van der Waals surface area contributed by atoms with Crippen LogP contribution in [0.1, 0.15) is 0 Å². The minimum atomic E-state index is -0.282. The van der Waals surface area contributed by atoms with Crippen molar-refractivity contribution in [2.75, 3.05) is 11.9 Å². The molecule has 0 saturated carbocycles. The summed E-state index contributed by atoms with van der Waals surface area (Å²) in [6, 6.07) is 13.4. The smallest absolute Gasteiger partial charge is 0.319 e. The maximum Gasteiger partial charge on any atom is 0.319 e. The van der Waals surface area contributed by atoms with E-state index in [1.807, 2.05) is 47.2 Å². The van der Waals surface area contributed by atoms with Gasteiger partial charge in [0.05, 0.1) is 20.8 Å². The van der Waals surface area contributed by atoms with Crippen molar-refractivity contribution >= 4 is 45.4 Å². The van der Waals surface area contributed by atoms with E-state index in [1.165, 1.54) is 0 Å². The maximum atomic E-state index is 11.9. The summed E-state index contributed by atoms with van der Waals surface area (Å²) in [5.74, 6) is 0. The zero-order chi connectivity index (χ0) is 18.6. The topological polar surface area (TPSA) is 66.9 Å². The van der Waals surface area contributed by atoms with Crippen LogP contribution in [-0.2, 0) is 0 Å². The minimum Gasteiger partial charge on any atom is -0.334 e. The van der Waals surface area contributed by atoms with Gasteiger partial charge in [-0.25, -0.2) is 14.8 Å². The lowest BCUT2D eigenvalue weighted by atomic mass is 10.2. The van der Waals surface area contributed by atoms with Gasteiger partial charge >= 0.3 is 6.03 Å². The van der Waals surface area contributed by atoms with Gasteiger partial charge in [-0.2, -0.15) is 0 Å². The second-order valence-electron chi connectivity index (χ2n) is 5.70. The molecule has 0 bridgehead atoms. The Kier molecular flexibility index (Phi) is 4.95. The third kappa shape index (κ3) is 3.74. The van der Waals surface area contributed by atoms with Gasteiger partial charge < -0.3 is 10.6 Å². The maximum absolute atomic E-state index is 11.9. The molecule has 2 N–H and O–H groups in total. The zero-order valence-corrected chi connectivity index (χ0v) is 15.9. The van der Waals surface area contributed by atoms with Gasteiger partial charge in [-0.15, -0.1) is 29.3 Å². The number of thiophene rings is 2. The average Bonchev–Trinajstić information content (AvgIpc) is 3.39. The van der Waals surface area contributed by atoms with E-state index in [9.17, 15) is 4.79 Å². The van der Waals surface area contributed by atoms with Crippen molar-refractivity contribution in [1.82, 2.24) is 15.3 Å². The van der Waals surface area contributed by atoms with Gasteiger partial charge in [-0.05, 0) is 41.1 Å². The molecule has 27 heavy (non-hydrogen) atoms. The lowest BCUT2D eigenvalue weighted by Crippen LogP contribution is -2.28. The van der Waals surface area contributed by atoms with Crippen molar-refractivity contribution in [1.29, 1.82) is 0 Å². The highest BCUT2D eigenvalue weighted by molar-refractivity contribution is 7.14. The molecule has 4 aromatic rings. The molecule has 0 spiro atoms. The van der Waals surface area contributed by atoms with E-state index in [0.717, 1.165) is 32.2 Å². The van der Waals surface area contributed by atoms with E-state index < -0.39 is 0 Å². The van der Waals surface area contributed by atoms with E-state index in [0.29, 0.717) is 12.2 Å². The average molecular weight is 393 g/mol. The predicted octanol–water partition coefficient (Wildman–Crippen LogP) is 5.39. The fraction of sp³-hybridized carbons (Fsp3) is 0.0500. The number of nitrogens with one attached hydrogen (secondary N) is 2. The second-order valence-corrected chi connectivity index (χ2v) is 7.60. The number of amides is 2. The largest absolute Gasteiger partial charge is 0.334 e. The van der Waals surface area contributed by atoms with E-state index in [1.54, 1.807) is 28.7 Å². The lowest BCUT2D eigenvalue weighted by Gasteiger charge is -2.10. The number of carbonyl (C=O) groups excluding carboxylic acids is 1. The molecule has 5 nitrogen and oxygen atoms in total. The number of rotatable bonds is 5. The third-order valence-electron chi connectivity index (χ3n) is 3.84. The van der Waals surface area contributed by atoms with Gasteiger partial charge in [0.25, 0.3) is 0 Å². The Labute approximate surface area is 164 Å². The zero-order valence-electron chi connectivity index (χ0n) is 14.3. The highest BCUT2D eigenvalue weighted by Gasteiger charge is 2.15. The summed E-state index contributed by atoms with van der Waals surface area (Å²) >= 11 is 3.28. The van der Waals surface area contributed by atoms with Gasteiger partial charge in [0, 0.05) is 12.2 Å². The number of aromatic nitrogens is 2. The number of urea groups is 1. The van der Waals surface area contributed by atoms with Crippen molar-refractivity contribution in [2.45, 2.75) is 0 Å². The van der Waals surface area contributed by atoms with Gasteiger partial charge in [-0.1, -0.05) is 18.2 Å². The van der Waals surface area contributed by atoms with E-state index in [2.05, 4.69) is 23.3 Å². The standard InChI is InChI=1S/C20H16N4OS2/c1-2-9-21-20(25)22-13-7-8-14-15(12-13)24-19(17-6-4-11-27-17)18(23-14)16-5-3-10-26-16/h2-8,10-12H,1,9H2,(H2,21,22,25). The highest BCUT2D eigenvalue weighted by atomic mass is 32.1. The third-order valence-corrected chi connectivity index (χ3v) is 5.59. The highest BCUT2D eigenvalue weighted by Crippen LogP contribution is 2.35. The fourth-order valence-corrected chi connectivity index (χ4v) is 4.07. The van der Waals surface area contributed by atoms with Crippen LogP contribution in [0.2, 0.25) is 0 Å². The summed E-state index contributed by atoms with van der Waals surface area (Å²) in [4.78, 5) is 23.7. The molecule has 2 amide bonds. The molecule has 4 rings (SSSR count). The Balaban J connectivity index is 1.77. The van der Waals surface area contributed by atoms with Crippen LogP contribution in [0.3, 0.4) is 0 Å². The molecule has 3 aromatic heterocycles. The van der Waals surface area contributed by atoms with Crippen molar-refractivity contribution in [2.24, 2.45) is 0 Å². The summed E-state index contributed by atoms with van der Waals surface area (Å²) in [5, 5.41) is 9.56. The summed E-state index contributed by atoms with van der Waals surface area (Å²) in [6.45, 7) is 3.99. The van der Waals surface area contributed by atoms with Crippen LogP contribution >= 0.6 is 22.7 Å². The van der Waals surface area contributed by atoms with E-state index in [4.69, 9.17) is 9.97 Å². The van der Waals surface area contributed by atoms with Crippen LogP contribution in [0, 0.1) is 0 Å². The van der Waals surface area contributed by atoms with Crippen LogP contribution < -0.4 is 10.6 Å². The first kappa shape index (κ1) is 17.4. The number of carbonyl (C=O) groups is 1. The van der Waals surface area contributed by atoms with Crippen LogP contribution in [0.15, 0.2) is 65.9 Å². The van der Waals surface area contributed by atoms with Crippen LogP contribution in [0.25, 0.3) is 32.2 Å². The Morgan fingerprint density at radius 3 is 2.26 bits per heavy atom. The number of hydrogen-bond acceptors (Lipinski definition) is 5. The van der Waals surface area contributed by atoms with Crippen molar-refractivity contribution in [3.63, 3.8) is 0 Å². The Bertz CT molecular complexity index is 1090. The molecule has 0 radical (unpaired) electrons. The molecule has 1 aromatic carbocycles. The lowest BCUT2D eigenvalue weighted by molar-refractivity contribution is 0.253. The van der Waals surface area contributed by atoms with Gasteiger partial charge in [0.1, 0.15) is 11.4 Å². The van der Waals surface area contributed by atoms with E-state index >= 15 is 0 Å². The summed E-state index contributed by atoms with van der Waals surface area (Å²) in [5.41, 5.74) is 3.92. The molecule has 0 saturated heterocycles. The molecule has 0 aliphatic heterocycles. The van der Waals surface area contributed by atoms with Crippen LogP contribution in [0.5, 0.6) is 0 Å². The van der Waals surface area contributed by atoms with E-state index in [-0.39, 0.29) is 6.03 Å². The number of nitrogens with zero attached hydrogens (tertiary/aromatic N) is 2. The van der Waals surface area contributed by atoms with Crippen LogP contribution in [-0.4, -0.2) is 22.5 Å². The van der Waals surface area contributed by atoms with Crippen LogP contribution in [0.4, 0.5) is 10.5 Å². The quantitative estimate of drug-likeness (QED) is 0.447. The molecule has 0 aliphatic rings. The summed E-state index contributed by atoms with van der Waals surface area (Å²) < 4.78 is 0. The van der Waals surface area contributed by atoms with Gasteiger partial charge in [0.2, 0.25) is 0 Å². The van der Waals surface area contributed by atoms with Crippen molar-refractivity contribution < 1.29 is 4.79 Å². The predicted molar refractivity (Wildman–Crippen MR) is 113 cm³/mol. The molecule has 0 fully saturated rings. The first-order valence-electron chi connectivity index (χ1n) is 8.30. The minimum absolute atomic E-state index is 0.282. The number of benzene rings is 1. The first-order chi connectivity index (χ1) is 13.2. The van der Waals surface area contributed by atoms with Crippen molar-refractivity contribution in [3.8, 4) is 21.1 Å². The Morgan fingerprint density at radius 1 is 1.00 bits per heavy atom. The number of fused-ring (bicyclic) bond motifs is 1. The normalized spacial score (nSPS) is 10.7. The number of anilines is 1. The molecule has 0 atom stereocenters. The van der Waals surface area contributed by atoms with Gasteiger partial charge in [0.15, 0.2) is 0 Å². The number of hydrogen-bond donors (Lipinski definition) is 2. The van der Waals surface area contributed by atoms with Gasteiger partial charge in [-0.3, -0.25) is 0 Å². The van der Waals surface area contributed by atoms with Crippen molar-refractivity contribution in [3.05, 3.63) is 65.9 Å². The summed E-state index contributed by atoms with van der Waals surface area (Å²) in [7, 11) is 0. The molecule has 7 heteroatoms. The molecule has 0 aliphatic carbocycles. The molecule has 134 valence electrons. The monoisotopic (exact) mass is 392 g/mol. The molecular weight excluding hydrogens is 376 g/mol. The second kappa shape index (κ2) is 7.69. The summed E-state index contributed by atoms with van der Waals surface area (Å²) in [6.07, 6.45) is 1.63.